The van der Waals surface area contributed by atoms with Gasteiger partial charge in [-0.05, 0) is 31.2 Å². The van der Waals surface area contributed by atoms with Crippen molar-refractivity contribution in [1.29, 1.82) is 0 Å². The van der Waals surface area contributed by atoms with Gasteiger partial charge in [0.05, 0.1) is 6.61 Å². The molecule has 6 heteroatoms. The first kappa shape index (κ1) is 13.4. The molecule has 0 bridgehead atoms. The minimum atomic E-state index is 0.357. The van der Waals surface area contributed by atoms with Gasteiger partial charge < -0.3 is 15.2 Å². The standard InChI is InChI=1S/C13H18N4O2/c1-3-18-10-4-6-11(7-5-10)19-9-13-12(8-14)15-16-17(13)2/h4-7H,3,8-9,14H2,1-2H3. The maximum Gasteiger partial charge on any atom is 0.132 e. The zero-order valence-corrected chi connectivity index (χ0v) is 11.2. The lowest BCUT2D eigenvalue weighted by Gasteiger charge is -2.08. The summed E-state index contributed by atoms with van der Waals surface area (Å²) in [6, 6.07) is 7.50. The van der Waals surface area contributed by atoms with Crippen LogP contribution in [0.2, 0.25) is 0 Å². The SMILES string of the molecule is CCOc1ccc(OCc2c(CN)nnn2C)cc1. The van der Waals surface area contributed by atoms with Crippen molar-refractivity contribution < 1.29 is 9.47 Å². The first-order valence-corrected chi connectivity index (χ1v) is 6.17. The van der Waals surface area contributed by atoms with E-state index in [0.717, 1.165) is 22.9 Å². The summed E-state index contributed by atoms with van der Waals surface area (Å²) in [6.45, 7) is 3.36. The quantitative estimate of drug-likeness (QED) is 0.848. The number of nitrogens with two attached hydrogens (primary N) is 1. The molecular formula is C13H18N4O2. The van der Waals surface area contributed by atoms with Crippen LogP contribution in [0.4, 0.5) is 0 Å². The van der Waals surface area contributed by atoms with Crippen molar-refractivity contribution in [3.05, 3.63) is 35.7 Å². The van der Waals surface area contributed by atoms with E-state index in [0.29, 0.717) is 19.8 Å². The van der Waals surface area contributed by atoms with E-state index in [4.69, 9.17) is 15.2 Å². The third-order valence-electron chi connectivity index (χ3n) is 2.73. The molecule has 6 nitrogen and oxygen atoms in total. The van der Waals surface area contributed by atoms with E-state index < -0.39 is 0 Å². The van der Waals surface area contributed by atoms with Crippen molar-refractivity contribution in [2.24, 2.45) is 12.8 Å². The van der Waals surface area contributed by atoms with Crippen LogP contribution in [0.3, 0.4) is 0 Å². The molecular weight excluding hydrogens is 244 g/mol. The minimum Gasteiger partial charge on any atom is -0.494 e. The third kappa shape index (κ3) is 3.23. The number of benzene rings is 1. The van der Waals surface area contributed by atoms with Crippen LogP contribution in [0.1, 0.15) is 18.3 Å². The van der Waals surface area contributed by atoms with Crippen LogP contribution in [0.5, 0.6) is 11.5 Å². The summed E-state index contributed by atoms with van der Waals surface area (Å²) in [6.07, 6.45) is 0. The molecule has 2 N–H and O–H groups in total. The number of rotatable bonds is 6. The molecule has 1 heterocycles. The fourth-order valence-corrected chi connectivity index (χ4v) is 1.71. The van der Waals surface area contributed by atoms with E-state index in [-0.39, 0.29) is 0 Å². The smallest absolute Gasteiger partial charge is 0.132 e. The van der Waals surface area contributed by atoms with Crippen molar-refractivity contribution in [3.63, 3.8) is 0 Å². The summed E-state index contributed by atoms with van der Waals surface area (Å²) in [5.74, 6) is 1.60. The summed E-state index contributed by atoms with van der Waals surface area (Å²) in [7, 11) is 1.82. The molecule has 19 heavy (non-hydrogen) atoms. The first-order valence-electron chi connectivity index (χ1n) is 6.17. The number of nitrogens with zero attached hydrogens (tertiary/aromatic N) is 3. The summed E-state index contributed by atoms with van der Waals surface area (Å²) < 4.78 is 12.7. The highest BCUT2D eigenvalue weighted by Gasteiger charge is 2.09. The lowest BCUT2D eigenvalue weighted by Crippen LogP contribution is -2.08. The van der Waals surface area contributed by atoms with E-state index in [1.807, 2.05) is 38.2 Å². The van der Waals surface area contributed by atoms with Crippen LogP contribution in [-0.4, -0.2) is 21.6 Å². The van der Waals surface area contributed by atoms with Crippen molar-refractivity contribution in [2.75, 3.05) is 6.61 Å². The van der Waals surface area contributed by atoms with Gasteiger partial charge in [0.2, 0.25) is 0 Å². The van der Waals surface area contributed by atoms with E-state index in [2.05, 4.69) is 10.3 Å². The average Bonchev–Trinajstić information content (AvgIpc) is 2.79. The molecule has 0 saturated carbocycles. The average molecular weight is 262 g/mol. The van der Waals surface area contributed by atoms with Gasteiger partial charge in [0.25, 0.3) is 0 Å². The zero-order valence-electron chi connectivity index (χ0n) is 11.2. The lowest BCUT2D eigenvalue weighted by atomic mass is 10.3. The van der Waals surface area contributed by atoms with Crippen molar-refractivity contribution in [2.45, 2.75) is 20.1 Å². The maximum atomic E-state index is 5.69. The fourth-order valence-electron chi connectivity index (χ4n) is 1.71. The number of ether oxygens (including phenoxy) is 2. The van der Waals surface area contributed by atoms with Gasteiger partial charge in [0.1, 0.15) is 29.5 Å². The molecule has 0 saturated heterocycles. The maximum absolute atomic E-state index is 5.69. The van der Waals surface area contributed by atoms with E-state index in [1.54, 1.807) is 4.68 Å². The third-order valence-corrected chi connectivity index (χ3v) is 2.73. The second-order valence-electron chi connectivity index (χ2n) is 4.00. The number of hydrogen-bond donors (Lipinski definition) is 1. The Kier molecular flexibility index (Phi) is 4.35. The molecule has 0 spiro atoms. The highest BCUT2D eigenvalue weighted by Crippen LogP contribution is 2.18. The Labute approximate surface area is 112 Å². The second kappa shape index (κ2) is 6.19. The van der Waals surface area contributed by atoms with E-state index in [9.17, 15) is 0 Å². The van der Waals surface area contributed by atoms with Crippen molar-refractivity contribution >= 4 is 0 Å². The van der Waals surface area contributed by atoms with Gasteiger partial charge in [-0.15, -0.1) is 5.10 Å². The Hall–Kier alpha value is -2.08. The van der Waals surface area contributed by atoms with E-state index >= 15 is 0 Å². The second-order valence-corrected chi connectivity index (χ2v) is 4.00. The molecule has 0 aliphatic carbocycles. The van der Waals surface area contributed by atoms with Crippen LogP contribution < -0.4 is 15.2 Å². The Bertz CT molecular complexity index is 522. The van der Waals surface area contributed by atoms with Gasteiger partial charge in [-0.1, -0.05) is 5.21 Å². The van der Waals surface area contributed by atoms with Crippen LogP contribution >= 0.6 is 0 Å². The normalized spacial score (nSPS) is 10.5. The molecule has 2 rings (SSSR count). The Morgan fingerprint density at radius 2 is 1.79 bits per heavy atom. The molecule has 2 aromatic rings. The molecule has 1 aromatic carbocycles. The molecule has 0 atom stereocenters. The monoisotopic (exact) mass is 262 g/mol. The van der Waals surface area contributed by atoms with Gasteiger partial charge in [-0.25, -0.2) is 4.68 Å². The Morgan fingerprint density at radius 1 is 1.16 bits per heavy atom. The summed E-state index contributed by atoms with van der Waals surface area (Å²) in [5, 5.41) is 7.90. The topological polar surface area (TPSA) is 75.2 Å². The highest BCUT2D eigenvalue weighted by molar-refractivity contribution is 5.31. The molecule has 0 fully saturated rings. The first-order chi connectivity index (χ1) is 9.24. The number of hydrogen-bond acceptors (Lipinski definition) is 5. The van der Waals surface area contributed by atoms with Gasteiger partial charge in [0, 0.05) is 13.6 Å². The number of aryl methyl sites for hydroxylation is 1. The van der Waals surface area contributed by atoms with Crippen LogP contribution in [-0.2, 0) is 20.2 Å². The molecule has 0 aliphatic rings. The lowest BCUT2D eigenvalue weighted by molar-refractivity contribution is 0.292. The van der Waals surface area contributed by atoms with Gasteiger partial charge >= 0.3 is 0 Å². The minimum absolute atomic E-state index is 0.357. The van der Waals surface area contributed by atoms with Gasteiger partial charge in [0.15, 0.2) is 0 Å². The molecule has 0 amide bonds. The van der Waals surface area contributed by atoms with Crippen molar-refractivity contribution in [3.8, 4) is 11.5 Å². The fraction of sp³-hybridized carbons (Fsp3) is 0.385. The molecule has 102 valence electrons. The molecule has 0 radical (unpaired) electrons. The largest absolute Gasteiger partial charge is 0.494 e. The predicted molar refractivity (Wildman–Crippen MR) is 70.8 cm³/mol. The molecule has 1 aromatic heterocycles. The van der Waals surface area contributed by atoms with Gasteiger partial charge in [-0.2, -0.15) is 0 Å². The van der Waals surface area contributed by atoms with E-state index in [1.165, 1.54) is 0 Å². The Balaban J connectivity index is 2.00. The van der Waals surface area contributed by atoms with Crippen LogP contribution in [0.15, 0.2) is 24.3 Å². The summed E-state index contributed by atoms with van der Waals surface area (Å²) >= 11 is 0. The number of aromatic nitrogens is 3. The highest BCUT2D eigenvalue weighted by atomic mass is 16.5. The summed E-state index contributed by atoms with van der Waals surface area (Å²) in [4.78, 5) is 0. The predicted octanol–water partition coefficient (Wildman–Crippen LogP) is 1.25. The molecule has 0 unspecified atom stereocenters. The Morgan fingerprint density at radius 3 is 2.37 bits per heavy atom. The summed E-state index contributed by atoms with van der Waals surface area (Å²) in [5.41, 5.74) is 7.24. The van der Waals surface area contributed by atoms with Gasteiger partial charge in [-0.3, -0.25) is 0 Å². The van der Waals surface area contributed by atoms with Crippen molar-refractivity contribution in [1.82, 2.24) is 15.0 Å². The van der Waals surface area contributed by atoms with Crippen LogP contribution in [0, 0.1) is 0 Å². The zero-order chi connectivity index (χ0) is 13.7. The van der Waals surface area contributed by atoms with Crippen LogP contribution in [0.25, 0.3) is 0 Å². The molecule has 0 aliphatic heterocycles.